The molecule has 1 N–H and O–H groups in total. The fraction of sp³-hybridized carbons (Fsp3) is 0.292. The maximum atomic E-state index is 11.5. The van der Waals surface area contributed by atoms with Crippen molar-refractivity contribution in [2.75, 3.05) is 20.3 Å². The van der Waals surface area contributed by atoms with Gasteiger partial charge in [-0.3, -0.25) is 14.4 Å². The molecule has 11 nitrogen and oxygen atoms in total. The van der Waals surface area contributed by atoms with Crippen molar-refractivity contribution in [2.24, 2.45) is 0 Å². The van der Waals surface area contributed by atoms with Crippen molar-refractivity contribution in [3.05, 3.63) is 58.7 Å². The second-order valence-corrected chi connectivity index (χ2v) is 6.39. The third kappa shape index (κ3) is 15.3. The second-order valence-electron chi connectivity index (χ2n) is 6.39. The Labute approximate surface area is 300 Å². The molecular formula is C24H27K2O11. The SMILES string of the molecule is CCOc1ccc(C(C)=O)cc1C(=O)O.CCOc1ccc(C(C)=O)cc1C(=O)OC.O=CO[O-].[K+].[K]. The van der Waals surface area contributed by atoms with Gasteiger partial charge in [0, 0.05) is 62.5 Å². The molecule has 0 aliphatic carbocycles. The molecular weight excluding hydrogens is 542 g/mol. The molecule has 2 aromatic carbocycles. The van der Waals surface area contributed by atoms with Gasteiger partial charge >= 0.3 is 63.3 Å². The van der Waals surface area contributed by atoms with Crippen LogP contribution in [0.1, 0.15) is 69.1 Å². The first-order valence-corrected chi connectivity index (χ1v) is 10.2. The molecule has 191 valence electrons. The molecule has 0 atom stereocenters. The van der Waals surface area contributed by atoms with Crippen LogP contribution < -0.4 is 66.1 Å². The van der Waals surface area contributed by atoms with E-state index in [-0.39, 0.29) is 138 Å². The summed E-state index contributed by atoms with van der Waals surface area (Å²) in [5.41, 5.74) is 1.13. The van der Waals surface area contributed by atoms with Crippen LogP contribution in [0.2, 0.25) is 0 Å². The van der Waals surface area contributed by atoms with E-state index < -0.39 is 11.9 Å². The molecule has 37 heavy (non-hydrogen) atoms. The van der Waals surface area contributed by atoms with E-state index >= 15 is 0 Å². The van der Waals surface area contributed by atoms with Gasteiger partial charge in [-0.1, -0.05) is 0 Å². The smallest absolute Gasteiger partial charge is 0.662 e. The van der Waals surface area contributed by atoms with E-state index in [4.69, 9.17) is 24.6 Å². The van der Waals surface area contributed by atoms with Gasteiger partial charge in [0.15, 0.2) is 11.6 Å². The largest absolute Gasteiger partial charge is 1.00 e. The zero-order chi connectivity index (χ0) is 27.0. The van der Waals surface area contributed by atoms with E-state index in [0.717, 1.165) is 0 Å². The predicted octanol–water partition coefficient (Wildman–Crippen LogP) is -0.881. The van der Waals surface area contributed by atoms with Crippen molar-refractivity contribution in [1.29, 1.82) is 0 Å². The number of methoxy groups -OCH3 is 1. The molecule has 0 saturated heterocycles. The molecule has 0 amide bonds. The third-order valence-corrected chi connectivity index (χ3v) is 4.05. The van der Waals surface area contributed by atoms with E-state index in [2.05, 4.69) is 9.62 Å². The molecule has 0 unspecified atom stereocenters. The van der Waals surface area contributed by atoms with Crippen LogP contribution in [0.15, 0.2) is 36.4 Å². The Hall–Kier alpha value is -0.977. The van der Waals surface area contributed by atoms with Crippen LogP contribution in [-0.2, 0) is 14.4 Å². The molecule has 2 rings (SSSR count). The van der Waals surface area contributed by atoms with Crippen LogP contribution in [0.3, 0.4) is 0 Å². The topological polar surface area (TPSA) is 166 Å². The van der Waals surface area contributed by atoms with Crippen LogP contribution in [0, 0.1) is 0 Å². The maximum Gasteiger partial charge on any atom is 1.00 e. The molecule has 0 spiro atoms. The number of hydrogen-bond donors (Lipinski definition) is 1. The molecule has 1 radical (unpaired) electrons. The third-order valence-electron chi connectivity index (χ3n) is 4.05. The summed E-state index contributed by atoms with van der Waals surface area (Å²) < 4.78 is 15.1. The number of carbonyl (C=O) groups is 5. The Kier molecular flexibility index (Phi) is 25.1. The van der Waals surface area contributed by atoms with Crippen molar-refractivity contribution < 1.29 is 105 Å². The number of carboxylic acid groups (broad SMARTS) is 1. The number of esters is 1. The molecule has 2 aromatic rings. The number of ketones is 2. The van der Waals surface area contributed by atoms with Gasteiger partial charge in [-0.2, -0.15) is 0 Å². The normalized spacial score (nSPS) is 8.70. The number of carbonyl (C=O) groups excluding carboxylic acids is 4. The minimum atomic E-state index is -1.10. The molecule has 0 aliphatic rings. The van der Waals surface area contributed by atoms with Crippen LogP contribution >= 0.6 is 0 Å². The molecule has 0 bridgehead atoms. The van der Waals surface area contributed by atoms with E-state index in [9.17, 15) is 19.2 Å². The second kappa shape index (κ2) is 23.0. The maximum absolute atomic E-state index is 11.5. The van der Waals surface area contributed by atoms with Gasteiger partial charge in [0.05, 0.1) is 20.3 Å². The zero-order valence-corrected chi connectivity index (χ0v) is 28.2. The number of aromatic carboxylic acids is 1. The van der Waals surface area contributed by atoms with Gasteiger partial charge in [-0.25, -0.2) is 9.59 Å². The quantitative estimate of drug-likeness (QED) is 0.0995. The van der Waals surface area contributed by atoms with E-state index in [1.54, 1.807) is 25.1 Å². The van der Waals surface area contributed by atoms with E-state index in [1.807, 2.05) is 6.92 Å². The van der Waals surface area contributed by atoms with Gasteiger partial charge in [-0.05, 0) is 64.1 Å². The van der Waals surface area contributed by atoms with Crippen molar-refractivity contribution in [3.63, 3.8) is 0 Å². The molecule has 0 fully saturated rings. The zero-order valence-electron chi connectivity index (χ0n) is 22.0. The minimum Gasteiger partial charge on any atom is -0.662 e. The number of carboxylic acids is 1. The van der Waals surface area contributed by atoms with Crippen molar-refractivity contribution in [3.8, 4) is 11.5 Å². The summed E-state index contributed by atoms with van der Waals surface area (Å²) in [5.74, 6) is -1.16. The molecule has 0 saturated carbocycles. The molecule has 0 aromatic heterocycles. The summed E-state index contributed by atoms with van der Waals surface area (Å²) in [6.45, 7) is 7.08. The van der Waals surface area contributed by atoms with E-state index in [1.165, 1.54) is 39.2 Å². The van der Waals surface area contributed by atoms with Crippen molar-refractivity contribution in [1.82, 2.24) is 0 Å². The number of rotatable bonds is 9. The summed E-state index contributed by atoms with van der Waals surface area (Å²) >= 11 is 0. The predicted molar refractivity (Wildman–Crippen MR) is 126 cm³/mol. The fourth-order valence-electron chi connectivity index (χ4n) is 2.50. The van der Waals surface area contributed by atoms with Gasteiger partial charge in [0.25, 0.3) is 6.47 Å². The molecule has 0 heterocycles. The molecule has 13 heteroatoms. The van der Waals surface area contributed by atoms with Crippen LogP contribution in [-0.4, -0.2) is 107 Å². The van der Waals surface area contributed by atoms with Crippen molar-refractivity contribution in [2.45, 2.75) is 27.7 Å². The first kappa shape index (κ1) is 40.5. The van der Waals surface area contributed by atoms with Gasteiger partial charge in [0.2, 0.25) is 0 Å². The Balaban J connectivity index is -0.000000522. The van der Waals surface area contributed by atoms with E-state index in [0.29, 0.717) is 30.1 Å². The number of hydrogen-bond acceptors (Lipinski definition) is 10. The van der Waals surface area contributed by atoms with Crippen LogP contribution in [0.25, 0.3) is 0 Å². The first-order valence-electron chi connectivity index (χ1n) is 10.2. The summed E-state index contributed by atoms with van der Waals surface area (Å²) in [4.78, 5) is 55.8. The number of Topliss-reactive ketones (excluding diaryl/α,β-unsaturated/α-hetero) is 2. The Morgan fingerprint density at radius 2 is 1.24 bits per heavy atom. The Morgan fingerprint density at radius 1 is 0.865 bits per heavy atom. The summed E-state index contributed by atoms with van der Waals surface area (Å²) in [6, 6.07) is 9.10. The van der Waals surface area contributed by atoms with Gasteiger partial charge < -0.3 is 29.5 Å². The van der Waals surface area contributed by atoms with Crippen LogP contribution in [0.5, 0.6) is 11.5 Å². The minimum absolute atomic E-state index is 0. The monoisotopic (exact) mass is 569 g/mol. The molecule has 0 aliphatic heterocycles. The van der Waals surface area contributed by atoms with Crippen molar-refractivity contribution >= 4 is 81.4 Å². The summed E-state index contributed by atoms with van der Waals surface area (Å²) in [6.07, 6.45) is 0. The average molecular weight is 570 g/mol. The Morgan fingerprint density at radius 3 is 1.54 bits per heavy atom. The van der Waals surface area contributed by atoms with Gasteiger partial charge in [0.1, 0.15) is 22.6 Å². The number of ether oxygens (including phenoxy) is 3. The fourth-order valence-corrected chi connectivity index (χ4v) is 2.50. The first-order chi connectivity index (χ1) is 16.6. The van der Waals surface area contributed by atoms with Crippen LogP contribution in [0.4, 0.5) is 0 Å². The Bertz CT molecular complexity index is 1040. The summed E-state index contributed by atoms with van der Waals surface area (Å²) in [7, 11) is 1.29. The van der Waals surface area contributed by atoms with Gasteiger partial charge in [-0.15, -0.1) is 0 Å². The number of benzene rings is 2. The standard InChI is InChI=1S/C12H14O4.C11H12O4.CH2O3.2K/c1-4-16-11-6-5-9(8(2)13)7-10(11)12(14)15-3;1-3-15-10-5-4-8(7(2)12)6-9(10)11(13)14;2-1-4-3;;/h5-7H,4H2,1-3H3;4-6H,3H2,1-2H3,(H,13,14);1,3H;;/q;;;;+1/p-1. The summed E-state index contributed by atoms with van der Waals surface area (Å²) in [5, 5.41) is 17.3. The average Bonchev–Trinajstić information content (AvgIpc) is 2.84.